The van der Waals surface area contributed by atoms with Crippen LogP contribution >= 0.6 is 22.7 Å². The van der Waals surface area contributed by atoms with E-state index in [0.29, 0.717) is 23.0 Å². The lowest BCUT2D eigenvalue weighted by Crippen LogP contribution is -2.53. The summed E-state index contributed by atoms with van der Waals surface area (Å²) >= 11 is 3.27. The summed E-state index contributed by atoms with van der Waals surface area (Å²) in [7, 11) is 0. The number of hydrogen-bond donors (Lipinski definition) is 3. The van der Waals surface area contributed by atoms with Crippen molar-refractivity contribution in [3.8, 4) is 27.4 Å². The molecule has 1 spiro atoms. The van der Waals surface area contributed by atoms with Gasteiger partial charge in [0.2, 0.25) is 11.8 Å². The van der Waals surface area contributed by atoms with E-state index in [1.807, 2.05) is 81.7 Å². The molecular weight excluding hydrogens is 811 g/mol. The van der Waals surface area contributed by atoms with Crippen LogP contribution in [0.25, 0.3) is 31.9 Å². The van der Waals surface area contributed by atoms with Crippen molar-refractivity contribution in [2.45, 2.75) is 84.5 Å². The fraction of sp³-hybridized carbons (Fsp3) is 0.422. The molecule has 3 amide bonds. The molecule has 3 aliphatic heterocycles. The number of β-amino-alcohol motifs (C(OH)–C–C–N with tert-alkyl or cyclic N) is 1. The van der Waals surface area contributed by atoms with Gasteiger partial charge in [-0.15, -0.1) is 21.5 Å². The van der Waals surface area contributed by atoms with E-state index in [2.05, 4.69) is 42.4 Å². The third-order valence-electron chi connectivity index (χ3n) is 12.8. The number of aliphatic hydroxyl groups excluding tert-OH is 1. The Balaban J connectivity index is 0.833. The number of carbonyl (C=O) groups is 2. The van der Waals surface area contributed by atoms with Crippen LogP contribution in [0.5, 0.6) is 5.75 Å². The van der Waals surface area contributed by atoms with Gasteiger partial charge in [0.05, 0.1) is 38.9 Å². The Morgan fingerprint density at radius 3 is 2.43 bits per heavy atom. The van der Waals surface area contributed by atoms with Crippen molar-refractivity contribution in [3.05, 3.63) is 83.0 Å². The highest BCUT2D eigenvalue weighted by molar-refractivity contribution is 7.22. The number of thiophene rings is 1. The smallest absolute Gasteiger partial charge is 0.327 e. The Kier molecular flexibility index (Phi) is 10.9. The molecule has 0 unspecified atom stereocenters. The fourth-order valence-corrected chi connectivity index (χ4v) is 11.2. The number of aryl methyl sites for hydroxylation is 2. The van der Waals surface area contributed by atoms with Crippen LogP contribution in [0, 0.1) is 19.3 Å². The number of aliphatic hydroxyl groups is 1. The standard InChI is InChI=1S/C45H51N9O5S2/c1-26(2)54(44(58)53-23-32(55)20-36(53)41(57)47-28(4)30-10-12-31(13-11-30)40-29(5)46-25-60-40)39-22-38(50-59-39)51-17-14-45(15-18-51)16-19-52(24-45)43-27(3)34-21-35(48-49-42(34)61-43)33-8-6-7-9-37(33)56/h6-13,21-22,25-26,28,32,36,55-56H,14-20,23-24H2,1-5H3,(H,47,57)/t28-,32+,36-/m0/s1. The molecule has 3 N–H and O–H groups in total. The minimum atomic E-state index is -0.845. The van der Waals surface area contributed by atoms with E-state index in [1.54, 1.807) is 34.8 Å². The molecule has 14 nitrogen and oxygen atoms in total. The van der Waals surface area contributed by atoms with Gasteiger partial charge >= 0.3 is 6.03 Å². The van der Waals surface area contributed by atoms with Crippen molar-refractivity contribution in [1.82, 2.24) is 30.6 Å². The number of likely N-dealkylation sites (tertiary alicyclic amines) is 1. The summed E-state index contributed by atoms with van der Waals surface area (Å²) in [6.07, 6.45) is 2.40. The zero-order valence-corrected chi connectivity index (χ0v) is 36.7. The summed E-state index contributed by atoms with van der Waals surface area (Å²) in [5, 5.41) is 40.0. The molecule has 3 aliphatic rings. The van der Waals surface area contributed by atoms with Gasteiger partial charge in [-0.05, 0) is 94.2 Å². The maximum absolute atomic E-state index is 14.3. The van der Waals surface area contributed by atoms with Crippen LogP contribution in [0.2, 0.25) is 0 Å². The molecule has 0 radical (unpaired) electrons. The number of thiazole rings is 1. The van der Waals surface area contributed by atoms with Gasteiger partial charge < -0.3 is 34.8 Å². The molecule has 61 heavy (non-hydrogen) atoms. The van der Waals surface area contributed by atoms with Crippen molar-refractivity contribution < 1.29 is 24.3 Å². The predicted molar refractivity (Wildman–Crippen MR) is 239 cm³/mol. The number of hydrogen-bond acceptors (Lipinski definition) is 13. The summed E-state index contributed by atoms with van der Waals surface area (Å²) in [5.74, 6) is 0.860. The predicted octanol–water partition coefficient (Wildman–Crippen LogP) is 7.94. The average molecular weight is 862 g/mol. The molecule has 2 aromatic carbocycles. The molecule has 318 valence electrons. The van der Waals surface area contributed by atoms with Gasteiger partial charge in [-0.25, -0.2) is 9.78 Å². The lowest BCUT2D eigenvalue weighted by Gasteiger charge is -2.39. The first-order valence-corrected chi connectivity index (χ1v) is 22.7. The second-order valence-electron chi connectivity index (χ2n) is 17.1. The number of amides is 3. The lowest BCUT2D eigenvalue weighted by atomic mass is 9.78. The molecule has 0 aliphatic carbocycles. The van der Waals surface area contributed by atoms with Crippen molar-refractivity contribution >= 4 is 61.5 Å². The molecule has 0 saturated carbocycles. The number of phenolic OH excluding ortho intramolecular Hbond substituents is 1. The number of para-hydroxylation sites is 1. The topological polar surface area (TPSA) is 164 Å². The third kappa shape index (κ3) is 7.80. The number of aromatic hydroxyl groups is 1. The molecule has 4 aromatic heterocycles. The number of carbonyl (C=O) groups excluding carboxylic acids is 2. The largest absolute Gasteiger partial charge is 0.507 e. The van der Waals surface area contributed by atoms with Crippen LogP contribution in [-0.4, -0.2) is 98.3 Å². The summed E-state index contributed by atoms with van der Waals surface area (Å²) in [4.78, 5) is 42.1. The zero-order valence-electron chi connectivity index (χ0n) is 35.0. The third-order valence-corrected chi connectivity index (χ3v) is 15.0. The van der Waals surface area contributed by atoms with Crippen LogP contribution in [0.15, 0.2) is 70.7 Å². The number of aromatic nitrogens is 4. The van der Waals surface area contributed by atoms with Gasteiger partial charge in [0.15, 0.2) is 5.82 Å². The van der Waals surface area contributed by atoms with Crippen molar-refractivity contribution in [3.63, 3.8) is 0 Å². The Hall–Kier alpha value is -5.58. The van der Waals surface area contributed by atoms with E-state index in [0.717, 1.165) is 77.4 Å². The SMILES string of the molecule is Cc1ncsc1-c1ccc([C@H](C)NC(=O)[C@@H]2C[C@@H](O)CN2C(=O)N(c2cc(N3CCC4(CC3)CCN(c3sc5nnc(-c6ccccc6O)cc5c3C)C4)no2)C(C)C)cc1. The van der Waals surface area contributed by atoms with Crippen molar-refractivity contribution in [1.29, 1.82) is 0 Å². The first kappa shape index (κ1) is 40.8. The van der Waals surface area contributed by atoms with Gasteiger partial charge in [-0.1, -0.05) is 52.9 Å². The Morgan fingerprint density at radius 2 is 1.72 bits per heavy atom. The molecule has 0 bridgehead atoms. The van der Waals surface area contributed by atoms with Crippen molar-refractivity contribution in [2.24, 2.45) is 5.41 Å². The van der Waals surface area contributed by atoms with E-state index in [-0.39, 0.29) is 42.1 Å². The van der Waals surface area contributed by atoms with Crippen LogP contribution in [0.3, 0.4) is 0 Å². The summed E-state index contributed by atoms with van der Waals surface area (Å²) < 4.78 is 5.88. The quantitative estimate of drug-likeness (QED) is 0.129. The lowest BCUT2D eigenvalue weighted by molar-refractivity contribution is -0.125. The number of nitrogens with one attached hydrogen (secondary N) is 1. The monoisotopic (exact) mass is 861 g/mol. The Bertz CT molecular complexity index is 2560. The summed E-state index contributed by atoms with van der Waals surface area (Å²) in [6, 6.07) is 17.3. The average Bonchev–Trinajstić information content (AvgIpc) is 4.11. The normalized spacial score (nSPS) is 19.4. The number of anilines is 3. The maximum atomic E-state index is 14.3. The number of benzene rings is 2. The van der Waals surface area contributed by atoms with Gasteiger partial charge in [0, 0.05) is 62.2 Å². The number of fused-ring (bicyclic) bond motifs is 1. The van der Waals surface area contributed by atoms with Crippen molar-refractivity contribution in [2.75, 3.05) is 47.4 Å². The molecule has 9 rings (SSSR count). The van der Waals surface area contributed by atoms with Crippen LogP contribution in [-0.2, 0) is 4.79 Å². The number of phenols is 1. The molecule has 6 aromatic rings. The minimum absolute atomic E-state index is 0.0390. The van der Waals surface area contributed by atoms with Gasteiger partial charge in [0.1, 0.15) is 16.6 Å². The molecular formula is C45H51N9O5S2. The highest BCUT2D eigenvalue weighted by Crippen LogP contribution is 2.47. The van der Waals surface area contributed by atoms with E-state index in [1.165, 1.54) is 20.4 Å². The van der Waals surface area contributed by atoms with Crippen LogP contribution < -0.4 is 20.0 Å². The molecule has 16 heteroatoms. The van der Waals surface area contributed by atoms with Crippen LogP contribution in [0.4, 0.5) is 21.5 Å². The highest BCUT2D eigenvalue weighted by atomic mass is 32.1. The van der Waals surface area contributed by atoms with Crippen LogP contribution in [0.1, 0.15) is 69.3 Å². The van der Waals surface area contributed by atoms with Gasteiger partial charge in [-0.2, -0.15) is 0 Å². The number of urea groups is 1. The van der Waals surface area contributed by atoms with E-state index < -0.39 is 18.2 Å². The summed E-state index contributed by atoms with van der Waals surface area (Å²) in [5.41, 5.74) is 7.52. The summed E-state index contributed by atoms with van der Waals surface area (Å²) in [6.45, 7) is 13.4. The second-order valence-corrected chi connectivity index (χ2v) is 18.9. The first-order valence-electron chi connectivity index (χ1n) is 21.0. The zero-order chi connectivity index (χ0) is 42.6. The number of rotatable bonds is 9. The van der Waals surface area contributed by atoms with E-state index in [4.69, 9.17) is 4.52 Å². The number of piperidine rings is 1. The fourth-order valence-electron chi connectivity index (χ4n) is 9.25. The molecule has 3 fully saturated rings. The Morgan fingerprint density at radius 1 is 0.984 bits per heavy atom. The highest BCUT2D eigenvalue weighted by Gasteiger charge is 2.44. The van der Waals surface area contributed by atoms with Gasteiger partial charge in [0.25, 0.3) is 0 Å². The Labute approximate surface area is 362 Å². The van der Waals surface area contributed by atoms with E-state index in [9.17, 15) is 19.8 Å². The molecule has 3 atom stereocenters. The molecule has 3 saturated heterocycles. The minimum Gasteiger partial charge on any atom is -0.507 e. The maximum Gasteiger partial charge on any atom is 0.327 e. The number of nitrogens with zero attached hydrogens (tertiary/aromatic N) is 8. The first-order chi connectivity index (χ1) is 29.4. The van der Waals surface area contributed by atoms with Gasteiger partial charge in [-0.3, -0.25) is 9.69 Å². The van der Waals surface area contributed by atoms with E-state index >= 15 is 0 Å². The molecule has 7 heterocycles. The second kappa shape index (κ2) is 16.4.